The van der Waals surface area contributed by atoms with Gasteiger partial charge in [-0.2, -0.15) is 13.2 Å². The SMILES string of the molecule is CN(C)C(=O)C1(NC(=O)c2cnc(N3CC4(CCOCC4)c4cc(OC5CCN(c6ncccn6)CC5)ccc43)nc2C(F)(F)F)C2CC3CC(C2)CC1C3. The summed E-state index contributed by atoms with van der Waals surface area (Å²) in [5.74, 6) is 0.765. The molecule has 1 N–H and O–H groups in total. The molecule has 2 aromatic heterocycles. The third-order valence-corrected chi connectivity index (χ3v) is 13.4. The minimum atomic E-state index is -4.95. The number of ether oxygens (including phenoxy) is 2. The van der Waals surface area contributed by atoms with Crippen molar-refractivity contribution in [3.8, 4) is 5.75 Å². The van der Waals surface area contributed by atoms with E-state index in [-0.39, 0.29) is 29.8 Å². The number of rotatable bonds is 7. The van der Waals surface area contributed by atoms with Gasteiger partial charge in [-0.05, 0) is 98.4 Å². The van der Waals surface area contributed by atoms with E-state index >= 15 is 0 Å². The number of carbonyl (C=O) groups excluding carboxylic acids is 2. The standard InChI is InChI=1S/C40H47F3N8O4/c1-49(2)35(53)39(26-17-24-16-25(19-26)20-27(39)18-24)48-34(52)30-22-46-37(47-33(30)40(41,42)43)51-23-38(8-14-54-15-9-38)31-21-29(4-5-32(31)51)55-28-6-12-50(13-7-28)36-44-10-3-11-45-36/h3-5,10-11,21-22,24-28H,6-9,12-20,23H2,1-2H3,(H,48,52). The largest absolute Gasteiger partial charge is 0.490 e. The van der Waals surface area contributed by atoms with Crippen molar-refractivity contribution < 1.29 is 32.2 Å². The number of alkyl halides is 3. The van der Waals surface area contributed by atoms with E-state index in [2.05, 4.69) is 30.2 Å². The highest BCUT2D eigenvalue weighted by Crippen LogP contribution is 2.59. The molecule has 12 nitrogen and oxygen atoms in total. The third-order valence-electron chi connectivity index (χ3n) is 13.4. The Morgan fingerprint density at radius 2 is 1.62 bits per heavy atom. The summed E-state index contributed by atoms with van der Waals surface area (Å²) in [6, 6.07) is 7.55. The zero-order valence-corrected chi connectivity index (χ0v) is 31.2. The molecule has 2 saturated heterocycles. The number of benzene rings is 1. The van der Waals surface area contributed by atoms with Gasteiger partial charge in [-0.1, -0.05) is 0 Å². The minimum Gasteiger partial charge on any atom is -0.490 e. The first-order valence-corrected chi connectivity index (χ1v) is 19.6. The van der Waals surface area contributed by atoms with E-state index in [0.717, 1.165) is 69.8 Å². The van der Waals surface area contributed by atoms with E-state index in [1.54, 1.807) is 37.5 Å². The molecule has 0 unspecified atom stereocenters. The monoisotopic (exact) mass is 760 g/mol. The van der Waals surface area contributed by atoms with E-state index in [9.17, 15) is 22.8 Å². The smallest absolute Gasteiger partial charge is 0.434 e. The topological polar surface area (TPSA) is 126 Å². The summed E-state index contributed by atoms with van der Waals surface area (Å²) in [4.78, 5) is 50.7. The number of likely N-dealkylation sites (N-methyl/N-ethyl adjacent to an activating group) is 1. The molecule has 1 aromatic carbocycles. The first kappa shape index (κ1) is 36.1. The maximum atomic E-state index is 15.0. The molecular weight excluding hydrogens is 713 g/mol. The van der Waals surface area contributed by atoms with Crippen LogP contribution >= 0.6 is 0 Å². The van der Waals surface area contributed by atoms with Crippen LogP contribution in [0.2, 0.25) is 0 Å². The Balaban J connectivity index is 0.997. The highest BCUT2D eigenvalue weighted by molar-refractivity contribution is 6.00. The summed E-state index contributed by atoms with van der Waals surface area (Å²) in [6.07, 6.45) is 6.68. The molecule has 292 valence electrons. The quantitative estimate of drug-likeness (QED) is 0.328. The fourth-order valence-corrected chi connectivity index (χ4v) is 11.0. The second-order valence-electron chi connectivity index (χ2n) is 16.8. The highest BCUT2D eigenvalue weighted by Gasteiger charge is 2.62. The molecule has 4 bridgehead atoms. The van der Waals surface area contributed by atoms with Gasteiger partial charge in [0.05, 0.1) is 5.56 Å². The molecule has 0 atom stereocenters. The van der Waals surface area contributed by atoms with Crippen LogP contribution < -0.4 is 19.9 Å². The Morgan fingerprint density at radius 1 is 0.945 bits per heavy atom. The van der Waals surface area contributed by atoms with Gasteiger partial charge in [0, 0.05) is 89.5 Å². The predicted octanol–water partition coefficient (Wildman–Crippen LogP) is 5.55. The van der Waals surface area contributed by atoms with Crippen LogP contribution in [0.5, 0.6) is 5.75 Å². The van der Waals surface area contributed by atoms with E-state index in [0.29, 0.717) is 61.8 Å². The average molecular weight is 761 g/mol. The molecule has 3 aromatic rings. The Bertz CT molecular complexity index is 1920. The van der Waals surface area contributed by atoms with Gasteiger partial charge in [-0.15, -0.1) is 0 Å². The van der Waals surface area contributed by atoms with Crippen molar-refractivity contribution in [3.63, 3.8) is 0 Å². The number of halogens is 3. The van der Waals surface area contributed by atoms with Crippen molar-refractivity contribution in [1.82, 2.24) is 30.2 Å². The van der Waals surface area contributed by atoms with Crippen LogP contribution in [0.25, 0.3) is 0 Å². The van der Waals surface area contributed by atoms with Crippen molar-refractivity contribution in [1.29, 1.82) is 0 Å². The summed E-state index contributed by atoms with van der Waals surface area (Å²) in [5.41, 5.74) is -1.98. The number of carbonyl (C=O) groups is 2. The summed E-state index contributed by atoms with van der Waals surface area (Å²) >= 11 is 0. The number of nitrogens with one attached hydrogen (secondary N) is 1. The predicted molar refractivity (Wildman–Crippen MR) is 196 cm³/mol. The van der Waals surface area contributed by atoms with Gasteiger partial charge in [-0.3, -0.25) is 9.59 Å². The van der Waals surface area contributed by atoms with Crippen LogP contribution in [-0.2, 0) is 21.1 Å². The second-order valence-corrected chi connectivity index (χ2v) is 16.8. The van der Waals surface area contributed by atoms with Gasteiger partial charge in [-0.25, -0.2) is 19.9 Å². The van der Waals surface area contributed by atoms with Gasteiger partial charge in [0.2, 0.25) is 17.8 Å². The fourth-order valence-electron chi connectivity index (χ4n) is 11.0. The minimum absolute atomic E-state index is 0.0106. The average Bonchev–Trinajstić information content (AvgIpc) is 3.48. The lowest BCUT2D eigenvalue weighted by molar-refractivity contribution is -0.154. The Labute approximate surface area is 318 Å². The molecule has 55 heavy (non-hydrogen) atoms. The Morgan fingerprint density at radius 3 is 2.25 bits per heavy atom. The second kappa shape index (κ2) is 13.6. The number of aromatic nitrogens is 4. The van der Waals surface area contributed by atoms with Gasteiger partial charge in [0.25, 0.3) is 5.91 Å². The fraction of sp³-hybridized carbons (Fsp3) is 0.600. The molecule has 4 saturated carbocycles. The van der Waals surface area contributed by atoms with Crippen molar-refractivity contribution in [2.24, 2.45) is 23.7 Å². The molecule has 5 heterocycles. The first-order valence-electron chi connectivity index (χ1n) is 19.6. The molecule has 4 aliphatic carbocycles. The molecule has 0 radical (unpaired) electrons. The Kier molecular flexibility index (Phi) is 8.93. The summed E-state index contributed by atoms with van der Waals surface area (Å²) in [6.45, 7) is 2.92. The lowest BCUT2D eigenvalue weighted by Gasteiger charge is -2.60. The van der Waals surface area contributed by atoms with Gasteiger partial charge in [0.15, 0.2) is 5.69 Å². The highest BCUT2D eigenvalue weighted by atomic mass is 19.4. The van der Waals surface area contributed by atoms with Crippen LogP contribution in [0.3, 0.4) is 0 Å². The number of fused-ring (bicyclic) bond motifs is 2. The first-order chi connectivity index (χ1) is 26.4. The zero-order valence-electron chi connectivity index (χ0n) is 31.2. The van der Waals surface area contributed by atoms with Crippen LogP contribution in [0.1, 0.15) is 79.4 Å². The molecular formula is C40H47F3N8O4. The van der Waals surface area contributed by atoms with Crippen molar-refractivity contribution >= 4 is 29.4 Å². The van der Waals surface area contributed by atoms with Gasteiger partial charge < -0.3 is 29.5 Å². The van der Waals surface area contributed by atoms with Gasteiger partial charge in [0.1, 0.15) is 17.4 Å². The number of nitrogens with zero attached hydrogens (tertiary/aromatic N) is 7. The molecule has 7 aliphatic rings. The molecule has 6 fully saturated rings. The molecule has 2 amide bonds. The summed E-state index contributed by atoms with van der Waals surface area (Å²) in [7, 11) is 3.28. The van der Waals surface area contributed by atoms with Gasteiger partial charge >= 0.3 is 6.18 Å². The molecule has 10 rings (SSSR count). The van der Waals surface area contributed by atoms with E-state index in [1.165, 1.54) is 4.90 Å². The molecule has 1 spiro atoms. The molecule has 15 heteroatoms. The number of piperidine rings is 1. The van der Waals surface area contributed by atoms with Crippen molar-refractivity contribution in [2.45, 2.75) is 81.0 Å². The third kappa shape index (κ3) is 6.26. The lowest BCUT2D eigenvalue weighted by atomic mass is 9.48. The van der Waals surface area contributed by atoms with Crippen LogP contribution in [0.4, 0.5) is 30.8 Å². The van der Waals surface area contributed by atoms with Crippen molar-refractivity contribution in [3.05, 3.63) is 59.7 Å². The number of hydrogen-bond acceptors (Lipinski definition) is 10. The van der Waals surface area contributed by atoms with Crippen molar-refractivity contribution in [2.75, 3.05) is 56.7 Å². The number of anilines is 3. The number of hydrogen-bond donors (Lipinski definition) is 1. The summed E-state index contributed by atoms with van der Waals surface area (Å²) in [5, 5.41) is 2.93. The maximum Gasteiger partial charge on any atom is 0.434 e. The molecule has 3 aliphatic heterocycles. The van der Waals surface area contributed by atoms with Crippen LogP contribution in [0, 0.1) is 23.7 Å². The van der Waals surface area contributed by atoms with Crippen LogP contribution in [0.15, 0.2) is 42.9 Å². The zero-order chi connectivity index (χ0) is 38.1. The number of amides is 2. The normalized spacial score (nSPS) is 28.3. The lowest BCUT2D eigenvalue weighted by Crippen LogP contribution is -2.72. The maximum absolute atomic E-state index is 15.0. The van der Waals surface area contributed by atoms with E-state index < -0.39 is 34.3 Å². The van der Waals surface area contributed by atoms with E-state index in [4.69, 9.17) is 9.47 Å². The van der Waals surface area contributed by atoms with E-state index in [1.807, 2.05) is 18.2 Å². The van der Waals surface area contributed by atoms with Crippen LogP contribution in [-0.4, -0.2) is 95.2 Å². The Hall–Kier alpha value is -4.53. The summed E-state index contributed by atoms with van der Waals surface area (Å²) < 4.78 is 57.1.